The molecule has 0 heterocycles. The van der Waals surface area contributed by atoms with Crippen LogP contribution in [0.2, 0.25) is 0 Å². The van der Waals surface area contributed by atoms with Gasteiger partial charge in [0.2, 0.25) is 5.91 Å². The minimum absolute atomic E-state index is 0.0280. The molecule has 1 amide bonds. The van der Waals surface area contributed by atoms with Crippen molar-refractivity contribution in [1.82, 2.24) is 10.6 Å². The third-order valence-electron chi connectivity index (χ3n) is 2.97. The quantitative estimate of drug-likeness (QED) is 0.593. The Balaban J connectivity index is 3.99. The summed E-state index contributed by atoms with van der Waals surface area (Å²) in [6.45, 7) is 8.98. The first-order valence-corrected chi connectivity index (χ1v) is 7.88. The van der Waals surface area contributed by atoms with Crippen LogP contribution in [0, 0.1) is 5.92 Å². The van der Waals surface area contributed by atoms with Crippen LogP contribution < -0.4 is 10.6 Å². The first-order chi connectivity index (χ1) is 8.42. The number of rotatable bonds is 9. The summed E-state index contributed by atoms with van der Waals surface area (Å²) in [7, 11) is 0. The highest BCUT2D eigenvalue weighted by molar-refractivity contribution is 7.99. The van der Waals surface area contributed by atoms with Crippen LogP contribution in [0.5, 0.6) is 0 Å². The van der Waals surface area contributed by atoms with Crippen LogP contribution in [0.4, 0.5) is 0 Å². The lowest BCUT2D eigenvalue weighted by Crippen LogP contribution is -2.49. The summed E-state index contributed by atoms with van der Waals surface area (Å²) >= 11 is 1.61. The van der Waals surface area contributed by atoms with Gasteiger partial charge >= 0.3 is 0 Å². The molecule has 0 aromatic carbocycles. The minimum atomic E-state index is -0.228. The molecular weight excluding hydrogens is 248 g/mol. The molecule has 0 aliphatic rings. The van der Waals surface area contributed by atoms with E-state index in [-0.39, 0.29) is 29.8 Å². The highest BCUT2D eigenvalue weighted by atomic mass is 32.2. The molecule has 0 fully saturated rings. The van der Waals surface area contributed by atoms with Gasteiger partial charge in [-0.15, -0.1) is 0 Å². The molecule has 0 spiro atoms. The van der Waals surface area contributed by atoms with E-state index in [9.17, 15) is 9.90 Å². The lowest BCUT2D eigenvalue weighted by molar-refractivity contribution is -0.122. The Kier molecular flexibility index (Phi) is 9.50. The predicted octanol–water partition coefficient (Wildman–Crippen LogP) is 1.24. The van der Waals surface area contributed by atoms with E-state index >= 15 is 0 Å². The van der Waals surface area contributed by atoms with Gasteiger partial charge in [0, 0.05) is 17.8 Å². The number of aliphatic hydroxyl groups is 1. The highest BCUT2D eigenvalue weighted by Crippen LogP contribution is 2.10. The number of hydrogen-bond donors (Lipinski definition) is 3. The number of hydrogen-bond acceptors (Lipinski definition) is 4. The van der Waals surface area contributed by atoms with E-state index in [1.807, 2.05) is 20.1 Å². The Labute approximate surface area is 115 Å². The molecule has 108 valence electrons. The Morgan fingerprint density at radius 1 is 1.28 bits per heavy atom. The van der Waals surface area contributed by atoms with Crippen molar-refractivity contribution >= 4 is 17.7 Å². The fourth-order valence-corrected chi connectivity index (χ4v) is 2.29. The van der Waals surface area contributed by atoms with E-state index in [0.29, 0.717) is 5.92 Å². The van der Waals surface area contributed by atoms with Crippen LogP contribution in [-0.2, 0) is 4.79 Å². The molecule has 0 aromatic rings. The van der Waals surface area contributed by atoms with Crippen LogP contribution in [-0.4, -0.2) is 47.8 Å². The van der Waals surface area contributed by atoms with Gasteiger partial charge in [0.05, 0.1) is 12.6 Å². The van der Waals surface area contributed by atoms with Crippen molar-refractivity contribution in [3.05, 3.63) is 0 Å². The van der Waals surface area contributed by atoms with Crippen LogP contribution in [0.3, 0.4) is 0 Å². The Hall–Kier alpha value is -0.260. The average Bonchev–Trinajstić information content (AvgIpc) is 2.29. The number of amides is 1. The second kappa shape index (κ2) is 9.64. The number of carbonyl (C=O) groups is 1. The summed E-state index contributed by atoms with van der Waals surface area (Å²) in [5.74, 6) is 0.628. The molecule has 0 saturated heterocycles. The van der Waals surface area contributed by atoms with Gasteiger partial charge < -0.3 is 15.7 Å². The molecule has 0 bridgehead atoms. The van der Waals surface area contributed by atoms with E-state index < -0.39 is 0 Å². The van der Waals surface area contributed by atoms with Gasteiger partial charge in [-0.1, -0.05) is 13.8 Å². The standard InChI is InChI=1S/C13H28N2O2S/c1-9(2)6-7-14-13(17)11(4)15-10(3)12(8-16)18-5/h9-12,15-16H,6-8H2,1-5H3,(H,14,17). The largest absolute Gasteiger partial charge is 0.395 e. The molecule has 3 N–H and O–H groups in total. The maximum atomic E-state index is 11.8. The van der Waals surface area contributed by atoms with Crippen molar-refractivity contribution in [2.24, 2.45) is 5.92 Å². The third-order valence-corrected chi connectivity index (χ3v) is 4.13. The highest BCUT2D eigenvalue weighted by Gasteiger charge is 2.20. The fraction of sp³-hybridized carbons (Fsp3) is 0.923. The van der Waals surface area contributed by atoms with Crippen LogP contribution in [0.25, 0.3) is 0 Å². The molecule has 0 aliphatic carbocycles. The normalized spacial score (nSPS) is 16.4. The summed E-state index contributed by atoms with van der Waals surface area (Å²) in [6, 6.07) is -0.121. The fourth-order valence-electron chi connectivity index (χ4n) is 1.65. The van der Waals surface area contributed by atoms with Crippen LogP contribution >= 0.6 is 11.8 Å². The van der Waals surface area contributed by atoms with Crippen LogP contribution in [0.1, 0.15) is 34.1 Å². The van der Waals surface area contributed by atoms with E-state index in [2.05, 4.69) is 24.5 Å². The molecular formula is C13H28N2O2S. The summed E-state index contributed by atoms with van der Waals surface area (Å²) in [6.07, 6.45) is 2.96. The number of aliphatic hydroxyl groups excluding tert-OH is 1. The van der Waals surface area contributed by atoms with Gasteiger partial charge in [-0.25, -0.2) is 0 Å². The first-order valence-electron chi connectivity index (χ1n) is 6.59. The zero-order valence-electron chi connectivity index (χ0n) is 12.2. The van der Waals surface area contributed by atoms with Crippen molar-refractivity contribution in [1.29, 1.82) is 0 Å². The smallest absolute Gasteiger partial charge is 0.236 e. The van der Waals surface area contributed by atoms with E-state index in [4.69, 9.17) is 0 Å². The SMILES string of the molecule is CSC(CO)C(C)NC(C)C(=O)NCCC(C)C. The van der Waals surface area contributed by atoms with Gasteiger partial charge in [-0.2, -0.15) is 11.8 Å². The van der Waals surface area contributed by atoms with Crippen molar-refractivity contribution in [3.8, 4) is 0 Å². The average molecular weight is 276 g/mol. The monoisotopic (exact) mass is 276 g/mol. The number of carbonyl (C=O) groups excluding carboxylic acids is 1. The van der Waals surface area contributed by atoms with Crippen molar-refractivity contribution in [3.63, 3.8) is 0 Å². The van der Waals surface area contributed by atoms with Gasteiger partial charge in [-0.3, -0.25) is 4.79 Å². The van der Waals surface area contributed by atoms with E-state index in [1.165, 1.54) is 0 Å². The maximum Gasteiger partial charge on any atom is 0.236 e. The second-order valence-electron chi connectivity index (χ2n) is 5.11. The van der Waals surface area contributed by atoms with Crippen LogP contribution in [0.15, 0.2) is 0 Å². The summed E-state index contributed by atoms with van der Waals surface area (Å²) in [5.41, 5.74) is 0. The summed E-state index contributed by atoms with van der Waals surface area (Å²) in [4.78, 5) is 11.8. The van der Waals surface area contributed by atoms with Crippen molar-refractivity contribution in [2.45, 2.75) is 51.4 Å². The Morgan fingerprint density at radius 3 is 2.33 bits per heavy atom. The topological polar surface area (TPSA) is 61.4 Å². The first kappa shape index (κ1) is 17.7. The molecule has 0 rings (SSSR count). The Morgan fingerprint density at radius 2 is 1.89 bits per heavy atom. The molecule has 18 heavy (non-hydrogen) atoms. The van der Waals surface area contributed by atoms with Gasteiger partial charge in [-0.05, 0) is 32.4 Å². The molecule has 0 radical (unpaired) electrons. The minimum Gasteiger partial charge on any atom is -0.395 e. The van der Waals surface area contributed by atoms with E-state index in [0.717, 1.165) is 13.0 Å². The summed E-state index contributed by atoms with van der Waals surface area (Å²) in [5, 5.41) is 15.5. The zero-order chi connectivity index (χ0) is 14.1. The zero-order valence-corrected chi connectivity index (χ0v) is 13.0. The molecule has 4 nitrogen and oxygen atoms in total. The molecule has 5 heteroatoms. The Bertz CT molecular complexity index is 233. The lowest BCUT2D eigenvalue weighted by Gasteiger charge is -2.25. The van der Waals surface area contributed by atoms with Crippen molar-refractivity contribution in [2.75, 3.05) is 19.4 Å². The lowest BCUT2D eigenvalue weighted by atomic mass is 10.1. The molecule has 0 saturated carbocycles. The van der Waals surface area contributed by atoms with Gasteiger partial charge in [0.1, 0.15) is 0 Å². The number of nitrogens with one attached hydrogen (secondary N) is 2. The second-order valence-corrected chi connectivity index (χ2v) is 6.18. The predicted molar refractivity (Wildman–Crippen MR) is 78.9 cm³/mol. The summed E-state index contributed by atoms with van der Waals surface area (Å²) < 4.78 is 0. The van der Waals surface area contributed by atoms with E-state index in [1.54, 1.807) is 11.8 Å². The third kappa shape index (κ3) is 7.24. The molecule has 0 aromatic heterocycles. The molecule has 3 atom stereocenters. The molecule has 0 aliphatic heterocycles. The molecule has 3 unspecified atom stereocenters. The maximum absolute atomic E-state index is 11.8. The van der Waals surface area contributed by atoms with Gasteiger partial charge in [0.25, 0.3) is 0 Å². The number of thioether (sulfide) groups is 1. The van der Waals surface area contributed by atoms with Crippen molar-refractivity contribution < 1.29 is 9.90 Å². The van der Waals surface area contributed by atoms with Gasteiger partial charge in [0.15, 0.2) is 0 Å².